The summed E-state index contributed by atoms with van der Waals surface area (Å²) in [6, 6.07) is 0. The molecule has 0 saturated carbocycles. The predicted molar refractivity (Wildman–Crippen MR) is 59.9 cm³/mol. The van der Waals surface area contributed by atoms with Gasteiger partial charge in [0.15, 0.2) is 0 Å². The van der Waals surface area contributed by atoms with Crippen molar-refractivity contribution in [2.45, 2.75) is 6.42 Å². The highest BCUT2D eigenvalue weighted by Gasteiger charge is 2.06. The molecule has 90 valence electrons. The van der Waals surface area contributed by atoms with Crippen molar-refractivity contribution < 1.29 is 5.11 Å². The molecule has 0 bridgehead atoms. The van der Waals surface area contributed by atoms with Gasteiger partial charge in [-0.25, -0.2) is 4.98 Å². The van der Waals surface area contributed by atoms with Crippen molar-refractivity contribution in [1.82, 2.24) is 29.7 Å². The van der Waals surface area contributed by atoms with Crippen molar-refractivity contribution in [3.8, 4) is 5.95 Å². The summed E-state index contributed by atoms with van der Waals surface area (Å²) in [4.78, 5) is 15.7. The lowest BCUT2D eigenvalue weighted by molar-refractivity contribution is 0.292. The van der Waals surface area contributed by atoms with Crippen LogP contribution in [0.1, 0.15) is 6.42 Å². The van der Waals surface area contributed by atoms with Crippen LogP contribution < -0.4 is 5.32 Å². The number of anilines is 1. The van der Waals surface area contributed by atoms with E-state index in [0.29, 0.717) is 18.9 Å². The monoisotopic (exact) mass is 255 g/mol. The SMILES string of the molecule is OCCCNc1nc(Cl)nc(-n2cncn2)n1. The maximum absolute atomic E-state index is 8.66. The highest BCUT2D eigenvalue weighted by molar-refractivity contribution is 6.28. The summed E-state index contributed by atoms with van der Waals surface area (Å²) in [5.41, 5.74) is 0. The number of nitrogens with zero attached hydrogens (tertiary/aromatic N) is 6. The third-order valence-electron chi connectivity index (χ3n) is 1.84. The van der Waals surface area contributed by atoms with Gasteiger partial charge in [-0.1, -0.05) is 0 Å². The second-order valence-corrected chi connectivity index (χ2v) is 3.41. The van der Waals surface area contributed by atoms with Crippen molar-refractivity contribution in [2.24, 2.45) is 0 Å². The number of aliphatic hydroxyl groups is 1. The molecule has 0 saturated heterocycles. The van der Waals surface area contributed by atoms with Crippen LogP contribution in [0.5, 0.6) is 0 Å². The summed E-state index contributed by atoms with van der Waals surface area (Å²) in [6.45, 7) is 0.648. The van der Waals surface area contributed by atoms with Crippen molar-refractivity contribution in [3.63, 3.8) is 0 Å². The lowest BCUT2D eigenvalue weighted by Gasteiger charge is -2.05. The molecule has 0 aliphatic heterocycles. The summed E-state index contributed by atoms with van der Waals surface area (Å²) >= 11 is 5.77. The molecule has 0 fully saturated rings. The summed E-state index contributed by atoms with van der Waals surface area (Å²) < 4.78 is 1.38. The minimum atomic E-state index is 0.0667. The minimum absolute atomic E-state index is 0.0667. The molecule has 17 heavy (non-hydrogen) atoms. The average Bonchev–Trinajstić information content (AvgIpc) is 2.82. The molecule has 8 nitrogen and oxygen atoms in total. The van der Waals surface area contributed by atoms with Crippen molar-refractivity contribution in [1.29, 1.82) is 0 Å². The average molecular weight is 256 g/mol. The molecule has 0 atom stereocenters. The van der Waals surface area contributed by atoms with Crippen LogP contribution in [0.2, 0.25) is 5.28 Å². The molecule has 0 aliphatic carbocycles. The highest BCUT2D eigenvalue weighted by atomic mass is 35.5. The molecule has 0 aromatic carbocycles. The lowest BCUT2D eigenvalue weighted by Crippen LogP contribution is -2.11. The number of halogens is 1. The molecule has 2 aromatic rings. The molecule has 0 spiro atoms. The standard InChI is InChI=1S/C8H10ClN7O/c9-6-13-7(11-2-1-3-17)15-8(14-6)16-5-10-4-12-16/h4-5,17H,1-3H2,(H,11,13,14,15). The molecule has 0 radical (unpaired) electrons. The Hall–Kier alpha value is -1.80. The first kappa shape index (κ1) is 11.7. The summed E-state index contributed by atoms with van der Waals surface area (Å²) in [5.74, 6) is 0.623. The molecule has 2 rings (SSSR count). The van der Waals surface area contributed by atoms with E-state index in [2.05, 4.69) is 30.4 Å². The molecule has 2 N–H and O–H groups in total. The van der Waals surface area contributed by atoms with Gasteiger partial charge in [0, 0.05) is 13.2 Å². The van der Waals surface area contributed by atoms with Crippen LogP contribution in [0, 0.1) is 0 Å². The van der Waals surface area contributed by atoms with Gasteiger partial charge in [0.2, 0.25) is 11.2 Å². The van der Waals surface area contributed by atoms with Crippen LogP contribution in [0.4, 0.5) is 5.95 Å². The molecule has 9 heteroatoms. The van der Waals surface area contributed by atoms with Crippen molar-refractivity contribution >= 4 is 17.5 Å². The Morgan fingerprint density at radius 1 is 1.35 bits per heavy atom. The molecule has 0 aliphatic rings. The fraction of sp³-hybridized carbons (Fsp3) is 0.375. The third-order valence-corrected chi connectivity index (χ3v) is 2.01. The summed E-state index contributed by atoms with van der Waals surface area (Å²) in [6.07, 6.45) is 3.43. The lowest BCUT2D eigenvalue weighted by atomic mass is 10.4. The van der Waals surface area contributed by atoms with Crippen molar-refractivity contribution in [2.75, 3.05) is 18.5 Å². The first-order chi connectivity index (χ1) is 8.29. The van der Waals surface area contributed by atoms with Gasteiger partial charge < -0.3 is 10.4 Å². The van der Waals surface area contributed by atoms with E-state index >= 15 is 0 Å². The van der Waals surface area contributed by atoms with Gasteiger partial charge in [0.1, 0.15) is 12.7 Å². The fourth-order valence-corrected chi connectivity index (χ4v) is 1.27. The number of rotatable bonds is 5. The topological polar surface area (TPSA) is 102 Å². The van der Waals surface area contributed by atoms with Crippen LogP contribution in [0.15, 0.2) is 12.7 Å². The van der Waals surface area contributed by atoms with E-state index in [9.17, 15) is 0 Å². The number of aliphatic hydroxyl groups excluding tert-OH is 1. The highest BCUT2D eigenvalue weighted by Crippen LogP contribution is 2.08. The van der Waals surface area contributed by atoms with Crippen LogP contribution >= 0.6 is 11.6 Å². The van der Waals surface area contributed by atoms with Crippen LogP contribution in [0.3, 0.4) is 0 Å². The maximum atomic E-state index is 8.66. The number of aromatic nitrogens is 6. The van der Waals surface area contributed by atoms with E-state index in [0.717, 1.165) is 0 Å². The van der Waals surface area contributed by atoms with Gasteiger partial charge >= 0.3 is 0 Å². The summed E-state index contributed by atoms with van der Waals surface area (Å²) in [7, 11) is 0. The Labute approximate surface area is 102 Å². The Morgan fingerprint density at radius 3 is 2.94 bits per heavy atom. The molecule has 2 aromatic heterocycles. The molecule has 0 unspecified atom stereocenters. The normalized spacial score (nSPS) is 10.5. The van der Waals surface area contributed by atoms with E-state index in [1.165, 1.54) is 17.3 Å². The maximum Gasteiger partial charge on any atom is 0.258 e. The fourth-order valence-electron chi connectivity index (χ4n) is 1.11. The predicted octanol–water partition coefficient (Wildman–Crippen LogP) is -0.100. The number of nitrogens with one attached hydrogen (secondary N) is 1. The molecular weight excluding hydrogens is 246 g/mol. The smallest absolute Gasteiger partial charge is 0.258 e. The Balaban J connectivity index is 2.18. The largest absolute Gasteiger partial charge is 0.396 e. The quantitative estimate of drug-likeness (QED) is 0.719. The third kappa shape index (κ3) is 3.08. The summed E-state index contributed by atoms with van der Waals surface area (Å²) in [5, 5.41) is 15.5. The molecular formula is C8H10ClN7O. The van der Waals surface area contributed by atoms with Gasteiger partial charge in [0.05, 0.1) is 0 Å². The molecule has 2 heterocycles. The van der Waals surface area contributed by atoms with Gasteiger partial charge in [-0.2, -0.15) is 24.7 Å². The van der Waals surface area contributed by atoms with E-state index in [1.807, 2.05) is 0 Å². The van der Waals surface area contributed by atoms with Crippen LogP contribution in [0.25, 0.3) is 5.95 Å². The van der Waals surface area contributed by atoms with Crippen molar-refractivity contribution in [3.05, 3.63) is 17.9 Å². The van der Waals surface area contributed by atoms with Gasteiger partial charge in [0.25, 0.3) is 5.95 Å². The first-order valence-electron chi connectivity index (χ1n) is 4.91. The Kier molecular flexibility index (Phi) is 3.78. The van der Waals surface area contributed by atoms with Gasteiger partial charge in [-0.15, -0.1) is 0 Å². The van der Waals surface area contributed by atoms with Crippen LogP contribution in [-0.2, 0) is 0 Å². The zero-order valence-electron chi connectivity index (χ0n) is 8.78. The van der Waals surface area contributed by atoms with Gasteiger partial charge in [-0.3, -0.25) is 0 Å². The minimum Gasteiger partial charge on any atom is -0.396 e. The zero-order chi connectivity index (χ0) is 12.1. The zero-order valence-corrected chi connectivity index (χ0v) is 9.54. The Bertz CT molecular complexity index is 475. The second kappa shape index (κ2) is 5.51. The van der Waals surface area contributed by atoms with E-state index in [4.69, 9.17) is 16.7 Å². The molecule has 0 amide bonds. The van der Waals surface area contributed by atoms with E-state index < -0.39 is 0 Å². The number of hydrogen-bond donors (Lipinski definition) is 2. The first-order valence-corrected chi connectivity index (χ1v) is 5.28. The Morgan fingerprint density at radius 2 is 2.24 bits per heavy atom. The van der Waals surface area contributed by atoms with E-state index in [1.54, 1.807) is 0 Å². The number of hydrogen-bond acceptors (Lipinski definition) is 7. The van der Waals surface area contributed by atoms with Gasteiger partial charge in [-0.05, 0) is 18.0 Å². The van der Waals surface area contributed by atoms with Crippen LogP contribution in [-0.4, -0.2) is 48.0 Å². The van der Waals surface area contributed by atoms with E-state index in [-0.39, 0.29) is 17.8 Å². The second-order valence-electron chi connectivity index (χ2n) is 3.07.